The van der Waals surface area contributed by atoms with Gasteiger partial charge in [0.25, 0.3) is 0 Å². The first-order chi connectivity index (χ1) is 11.5. The highest BCUT2D eigenvalue weighted by Gasteiger charge is 2.38. The number of fused-ring (bicyclic) bond motifs is 2. The van der Waals surface area contributed by atoms with Gasteiger partial charge in [0.2, 0.25) is 9.84 Å². The van der Waals surface area contributed by atoms with Crippen LogP contribution in [0.2, 0.25) is 0 Å². The lowest BCUT2D eigenvalue weighted by Crippen LogP contribution is -2.12. The van der Waals surface area contributed by atoms with E-state index in [1.165, 1.54) is 21.6 Å². The van der Waals surface area contributed by atoms with E-state index in [2.05, 4.69) is 4.99 Å². The van der Waals surface area contributed by atoms with Crippen LogP contribution in [-0.2, 0) is 9.84 Å². The summed E-state index contributed by atoms with van der Waals surface area (Å²) in [5.41, 5.74) is 2.79. The Labute approximate surface area is 148 Å². The smallest absolute Gasteiger partial charge is 0.217 e. The van der Waals surface area contributed by atoms with Gasteiger partial charge in [-0.15, -0.1) is 0 Å². The number of hydrogen-bond donors (Lipinski definition) is 0. The van der Waals surface area contributed by atoms with E-state index in [4.69, 9.17) is 4.74 Å². The Kier molecular flexibility index (Phi) is 3.74. The van der Waals surface area contributed by atoms with Crippen molar-refractivity contribution >= 4 is 42.2 Å². The van der Waals surface area contributed by atoms with Gasteiger partial charge in [-0.1, -0.05) is 24.3 Å². The van der Waals surface area contributed by atoms with Gasteiger partial charge in [-0.05, 0) is 64.8 Å². The second-order valence-electron chi connectivity index (χ2n) is 5.55. The molecule has 7 heteroatoms. The molecular weight excluding hydrogens is 362 g/mol. The molecule has 0 saturated heterocycles. The minimum Gasteiger partial charge on any atom is -0.450 e. The normalized spacial score (nSPS) is 16.3. The Morgan fingerprint density at radius 2 is 1.79 bits per heavy atom. The molecule has 2 aromatic rings. The van der Waals surface area contributed by atoms with Crippen molar-refractivity contribution < 1.29 is 13.2 Å². The first-order valence-electron chi connectivity index (χ1n) is 7.24. The molecule has 0 radical (unpaired) electrons. The van der Waals surface area contributed by atoms with E-state index in [0.717, 1.165) is 16.8 Å². The van der Waals surface area contributed by atoms with Gasteiger partial charge >= 0.3 is 0 Å². The van der Waals surface area contributed by atoms with Crippen LogP contribution in [0.1, 0.15) is 11.1 Å². The summed E-state index contributed by atoms with van der Waals surface area (Å²) in [6.45, 7) is 3.94. The number of ether oxygens (including phenoxy) is 1. The molecule has 0 aliphatic carbocycles. The average molecular weight is 375 g/mol. The minimum atomic E-state index is -3.62. The lowest BCUT2D eigenvalue weighted by molar-refractivity contribution is 0.449. The van der Waals surface area contributed by atoms with Crippen molar-refractivity contribution in [3.05, 3.63) is 63.6 Å². The predicted molar refractivity (Wildman–Crippen MR) is 99.5 cm³/mol. The first kappa shape index (κ1) is 15.8. The number of hydrogen-bond acceptors (Lipinski definition) is 6. The number of rotatable bonds is 2. The molecule has 2 aliphatic heterocycles. The van der Waals surface area contributed by atoms with Crippen molar-refractivity contribution in [1.82, 2.24) is 0 Å². The lowest BCUT2D eigenvalue weighted by Gasteiger charge is -2.18. The van der Waals surface area contributed by atoms with Gasteiger partial charge in [0.15, 0.2) is 20.8 Å². The van der Waals surface area contributed by atoms with Gasteiger partial charge in [-0.25, -0.2) is 13.4 Å². The minimum absolute atomic E-state index is 0.211. The monoisotopic (exact) mass is 375 g/mol. The molecule has 0 bridgehead atoms. The summed E-state index contributed by atoms with van der Waals surface area (Å²) in [6.07, 6.45) is 0. The molecule has 0 fully saturated rings. The molecule has 24 heavy (non-hydrogen) atoms. The highest BCUT2D eigenvalue weighted by Crippen LogP contribution is 2.52. The number of aryl methyl sites for hydroxylation is 2. The Hall–Kier alpha value is -1.70. The SMILES string of the molecule is Cc1cc(C)c2c(c1)N=C1SSC(S(=O)(=O)c3ccccc3)=C1O2. The molecule has 0 aromatic heterocycles. The molecule has 0 unspecified atom stereocenters. The maximum absolute atomic E-state index is 12.9. The van der Waals surface area contributed by atoms with Crippen molar-refractivity contribution in [2.45, 2.75) is 18.7 Å². The molecule has 0 atom stereocenters. The van der Waals surface area contributed by atoms with Crippen LogP contribution in [0, 0.1) is 13.8 Å². The van der Waals surface area contributed by atoms with Crippen LogP contribution in [0.3, 0.4) is 0 Å². The molecule has 4 rings (SSSR count). The van der Waals surface area contributed by atoms with Crippen molar-refractivity contribution in [1.29, 1.82) is 0 Å². The Bertz CT molecular complexity index is 1010. The topological polar surface area (TPSA) is 55.7 Å². The molecule has 0 amide bonds. The van der Waals surface area contributed by atoms with Crippen LogP contribution in [0.25, 0.3) is 0 Å². The van der Waals surface area contributed by atoms with Gasteiger partial charge in [-0.2, -0.15) is 0 Å². The number of sulfone groups is 1. The third-order valence-electron chi connectivity index (χ3n) is 3.70. The fraction of sp³-hybridized carbons (Fsp3) is 0.118. The summed E-state index contributed by atoms with van der Waals surface area (Å²) in [5, 5.41) is 0.604. The van der Waals surface area contributed by atoms with Crippen LogP contribution in [-0.4, -0.2) is 13.5 Å². The third kappa shape index (κ3) is 2.47. The fourth-order valence-corrected chi connectivity index (χ4v) is 7.38. The van der Waals surface area contributed by atoms with Crippen molar-refractivity contribution in [2.24, 2.45) is 4.99 Å². The zero-order valence-corrected chi connectivity index (χ0v) is 15.4. The Balaban J connectivity index is 1.87. The Morgan fingerprint density at radius 1 is 1.04 bits per heavy atom. The first-order valence-corrected chi connectivity index (χ1v) is 10.9. The fourth-order valence-electron chi connectivity index (χ4n) is 2.63. The Morgan fingerprint density at radius 3 is 2.54 bits per heavy atom. The summed E-state index contributed by atoms with van der Waals surface area (Å²) in [4.78, 5) is 4.86. The van der Waals surface area contributed by atoms with Gasteiger partial charge in [0, 0.05) is 0 Å². The highest BCUT2D eigenvalue weighted by atomic mass is 33.1. The van der Waals surface area contributed by atoms with E-state index in [-0.39, 0.29) is 9.13 Å². The molecule has 2 heterocycles. The largest absolute Gasteiger partial charge is 0.450 e. The maximum Gasteiger partial charge on any atom is 0.217 e. The highest BCUT2D eigenvalue weighted by molar-refractivity contribution is 8.86. The van der Waals surface area contributed by atoms with E-state index < -0.39 is 9.84 Å². The maximum atomic E-state index is 12.9. The summed E-state index contributed by atoms with van der Waals surface area (Å²) < 4.78 is 32.0. The predicted octanol–water partition coefficient (Wildman–Crippen LogP) is 4.76. The zero-order chi connectivity index (χ0) is 16.9. The van der Waals surface area contributed by atoms with Gasteiger partial charge in [-0.3, -0.25) is 0 Å². The zero-order valence-electron chi connectivity index (χ0n) is 12.9. The second kappa shape index (κ2) is 5.68. The van der Waals surface area contributed by atoms with Gasteiger partial charge in [0.1, 0.15) is 5.69 Å². The average Bonchev–Trinajstić information content (AvgIpc) is 2.97. The quantitative estimate of drug-likeness (QED) is 0.708. The van der Waals surface area contributed by atoms with E-state index in [0.29, 0.717) is 16.6 Å². The molecule has 2 aromatic carbocycles. The summed E-state index contributed by atoms with van der Waals surface area (Å²) in [6, 6.07) is 12.3. The van der Waals surface area contributed by atoms with Crippen LogP contribution < -0.4 is 4.74 Å². The van der Waals surface area contributed by atoms with E-state index in [1.54, 1.807) is 30.3 Å². The van der Waals surface area contributed by atoms with Crippen LogP contribution in [0.15, 0.2) is 62.3 Å². The van der Waals surface area contributed by atoms with E-state index in [1.807, 2.05) is 26.0 Å². The third-order valence-corrected chi connectivity index (χ3v) is 8.57. The van der Waals surface area contributed by atoms with Crippen molar-refractivity contribution in [3.8, 4) is 5.75 Å². The number of aliphatic imine (C=N–C) groups is 1. The van der Waals surface area contributed by atoms with Crippen molar-refractivity contribution in [2.75, 3.05) is 0 Å². The molecule has 2 aliphatic rings. The van der Waals surface area contributed by atoms with Crippen molar-refractivity contribution in [3.63, 3.8) is 0 Å². The van der Waals surface area contributed by atoms with Crippen LogP contribution in [0.4, 0.5) is 5.69 Å². The molecule has 122 valence electrons. The molecule has 0 spiro atoms. The van der Waals surface area contributed by atoms with Crippen LogP contribution >= 0.6 is 21.6 Å². The standard InChI is InChI=1S/C17H13NO3S3/c1-10-8-11(2)14-13(9-10)18-16-15(21-14)17(23-22-16)24(19,20)12-6-4-3-5-7-12/h3-9H,1-2H3. The van der Waals surface area contributed by atoms with Crippen LogP contribution in [0.5, 0.6) is 5.75 Å². The second-order valence-corrected chi connectivity index (χ2v) is 9.82. The summed E-state index contributed by atoms with van der Waals surface area (Å²) >= 11 is 0. The van der Waals surface area contributed by atoms with Gasteiger partial charge in [0.05, 0.1) is 4.90 Å². The van der Waals surface area contributed by atoms with E-state index in [9.17, 15) is 8.42 Å². The molecular formula is C17H13NO3S3. The molecule has 4 nitrogen and oxygen atoms in total. The molecule has 0 saturated carbocycles. The lowest BCUT2D eigenvalue weighted by atomic mass is 10.1. The van der Waals surface area contributed by atoms with Gasteiger partial charge < -0.3 is 4.74 Å². The number of benzene rings is 2. The number of nitrogens with zero attached hydrogens (tertiary/aromatic N) is 1. The summed E-state index contributed by atoms with van der Waals surface area (Å²) in [5.74, 6) is 0.969. The van der Waals surface area contributed by atoms with E-state index >= 15 is 0 Å². The summed E-state index contributed by atoms with van der Waals surface area (Å²) in [7, 11) is -1.11. The molecule has 0 N–H and O–H groups in total.